The standard InChI is InChI=1S/C7H17N2O5PS/c1-7(2)5-13-15(16(10,11)12)14-6(7)9-4-3-8/h6,9H,3-5,8H2,1-2H3,(H,10,11,12). The lowest BCUT2D eigenvalue weighted by Crippen LogP contribution is -2.49. The van der Waals surface area contributed by atoms with Crippen molar-refractivity contribution >= 4 is 17.3 Å². The third-order valence-electron chi connectivity index (χ3n) is 2.11. The fraction of sp³-hybridized carbons (Fsp3) is 1.00. The number of nitrogens with two attached hydrogens (primary N) is 1. The van der Waals surface area contributed by atoms with E-state index in [1.165, 1.54) is 0 Å². The van der Waals surface area contributed by atoms with E-state index in [4.69, 9.17) is 19.3 Å². The molecular weight excluding hydrogens is 255 g/mol. The third kappa shape index (κ3) is 3.59. The van der Waals surface area contributed by atoms with Crippen molar-refractivity contribution in [3.63, 3.8) is 0 Å². The Morgan fingerprint density at radius 2 is 2.25 bits per heavy atom. The van der Waals surface area contributed by atoms with Crippen molar-refractivity contribution in [3.05, 3.63) is 0 Å². The Labute approximate surface area is 96.1 Å². The summed E-state index contributed by atoms with van der Waals surface area (Å²) in [4.78, 5) is 0. The molecule has 2 atom stereocenters. The molecule has 1 aliphatic rings. The monoisotopic (exact) mass is 272 g/mol. The Morgan fingerprint density at radius 3 is 2.75 bits per heavy atom. The van der Waals surface area contributed by atoms with Crippen LogP contribution in [0.4, 0.5) is 0 Å². The summed E-state index contributed by atoms with van der Waals surface area (Å²) >= 11 is 0. The minimum atomic E-state index is -4.28. The van der Waals surface area contributed by atoms with Crippen LogP contribution in [-0.4, -0.2) is 38.9 Å². The van der Waals surface area contributed by atoms with E-state index in [0.717, 1.165) is 0 Å². The zero-order valence-electron chi connectivity index (χ0n) is 9.21. The molecule has 16 heavy (non-hydrogen) atoms. The molecule has 4 N–H and O–H groups in total. The predicted octanol–water partition coefficient (Wildman–Crippen LogP) is 0.0485. The molecule has 2 unspecified atom stereocenters. The molecule has 7 nitrogen and oxygen atoms in total. The first-order chi connectivity index (χ1) is 7.27. The van der Waals surface area contributed by atoms with Gasteiger partial charge in [0, 0.05) is 18.5 Å². The van der Waals surface area contributed by atoms with Crippen LogP contribution in [0.3, 0.4) is 0 Å². The van der Waals surface area contributed by atoms with Gasteiger partial charge in [0.05, 0.1) is 6.61 Å². The summed E-state index contributed by atoms with van der Waals surface area (Å²) in [7, 11) is -6.59. The van der Waals surface area contributed by atoms with Gasteiger partial charge in [-0.25, -0.2) is 0 Å². The van der Waals surface area contributed by atoms with E-state index in [2.05, 4.69) is 5.32 Å². The fourth-order valence-corrected chi connectivity index (χ4v) is 3.62. The lowest BCUT2D eigenvalue weighted by molar-refractivity contribution is -0.0235. The van der Waals surface area contributed by atoms with Crippen molar-refractivity contribution in [2.45, 2.75) is 20.1 Å². The lowest BCUT2D eigenvalue weighted by atomic mass is 9.92. The number of hydrogen-bond acceptors (Lipinski definition) is 6. The molecule has 1 aliphatic heterocycles. The molecule has 1 saturated heterocycles. The second-order valence-electron chi connectivity index (χ2n) is 4.16. The molecule has 0 amide bonds. The summed E-state index contributed by atoms with van der Waals surface area (Å²) in [6, 6.07) is 0. The Kier molecular flexibility index (Phi) is 4.65. The summed E-state index contributed by atoms with van der Waals surface area (Å²) < 4.78 is 40.9. The second-order valence-corrected chi connectivity index (χ2v) is 8.25. The highest BCUT2D eigenvalue weighted by Gasteiger charge is 2.43. The zero-order chi connectivity index (χ0) is 12.4. The third-order valence-corrected chi connectivity index (χ3v) is 4.91. The van der Waals surface area contributed by atoms with Gasteiger partial charge in [-0.2, -0.15) is 8.42 Å². The van der Waals surface area contributed by atoms with Crippen LogP contribution in [0.1, 0.15) is 13.8 Å². The van der Waals surface area contributed by atoms with Gasteiger partial charge in [0.2, 0.25) is 0 Å². The molecule has 0 radical (unpaired) electrons. The molecule has 0 aromatic rings. The smallest absolute Gasteiger partial charge is 0.329 e. The van der Waals surface area contributed by atoms with Crippen molar-refractivity contribution in [3.8, 4) is 0 Å². The average Bonchev–Trinajstić information content (AvgIpc) is 2.13. The van der Waals surface area contributed by atoms with Crippen molar-refractivity contribution in [2.75, 3.05) is 19.7 Å². The molecule has 9 heteroatoms. The van der Waals surface area contributed by atoms with Crippen molar-refractivity contribution < 1.29 is 22.0 Å². The summed E-state index contributed by atoms with van der Waals surface area (Å²) in [5, 5.41) is 2.98. The summed E-state index contributed by atoms with van der Waals surface area (Å²) in [6.45, 7) is 4.86. The Hall–Kier alpha value is 0.180. The van der Waals surface area contributed by atoms with E-state index in [-0.39, 0.29) is 12.0 Å². The van der Waals surface area contributed by atoms with E-state index < -0.39 is 23.5 Å². The minimum Gasteiger partial charge on any atom is -0.329 e. The Morgan fingerprint density at radius 1 is 1.62 bits per heavy atom. The Bertz CT molecular complexity index is 334. The highest BCUT2D eigenvalue weighted by atomic mass is 32.8. The quantitative estimate of drug-likeness (QED) is 0.489. The molecule has 96 valence electrons. The van der Waals surface area contributed by atoms with E-state index >= 15 is 0 Å². The van der Waals surface area contributed by atoms with Crippen molar-refractivity contribution in [2.24, 2.45) is 11.1 Å². The molecule has 1 heterocycles. The van der Waals surface area contributed by atoms with Gasteiger partial charge < -0.3 is 14.8 Å². The minimum absolute atomic E-state index is 0.195. The van der Waals surface area contributed by atoms with E-state index in [1.807, 2.05) is 13.8 Å². The predicted molar refractivity (Wildman–Crippen MR) is 60.1 cm³/mol. The number of nitrogens with one attached hydrogen (secondary N) is 1. The summed E-state index contributed by atoms with van der Waals surface area (Å²) in [5.41, 5.74) is 4.97. The van der Waals surface area contributed by atoms with Gasteiger partial charge in [-0.3, -0.25) is 9.87 Å². The second kappa shape index (κ2) is 5.22. The molecule has 0 bridgehead atoms. The molecule has 1 fully saturated rings. The molecule has 0 aromatic heterocycles. The summed E-state index contributed by atoms with van der Waals surface area (Å²) in [5.74, 6) is 0. The van der Waals surface area contributed by atoms with Gasteiger partial charge in [0.15, 0.2) is 0 Å². The van der Waals surface area contributed by atoms with Gasteiger partial charge in [-0.1, -0.05) is 13.8 Å². The molecule has 1 rings (SSSR count). The first kappa shape index (κ1) is 14.2. The van der Waals surface area contributed by atoms with E-state index in [1.54, 1.807) is 0 Å². The fourth-order valence-electron chi connectivity index (χ4n) is 1.20. The first-order valence-corrected chi connectivity index (χ1v) is 8.00. The van der Waals surface area contributed by atoms with Crippen LogP contribution in [0.25, 0.3) is 0 Å². The normalized spacial score (nSPS) is 30.2. The molecule has 0 aromatic carbocycles. The number of rotatable bonds is 4. The topological polar surface area (TPSA) is 111 Å². The maximum absolute atomic E-state index is 10.9. The summed E-state index contributed by atoms with van der Waals surface area (Å²) in [6.07, 6.45) is -0.502. The average molecular weight is 272 g/mol. The van der Waals surface area contributed by atoms with Crippen molar-refractivity contribution in [1.82, 2.24) is 5.32 Å². The van der Waals surface area contributed by atoms with Gasteiger partial charge in [0.25, 0.3) is 0 Å². The van der Waals surface area contributed by atoms with E-state index in [0.29, 0.717) is 13.1 Å². The maximum atomic E-state index is 10.9. The van der Waals surface area contributed by atoms with Crippen LogP contribution in [0, 0.1) is 5.41 Å². The van der Waals surface area contributed by atoms with Gasteiger partial charge in [0.1, 0.15) is 6.23 Å². The maximum Gasteiger partial charge on any atom is 0.335 e. The van der Waals surface area contributed by atoms with Crippen molar-refractivity contribution in [1.29, 1.82) is 0 Å². The SMILES string of the molecule is CC1(C)COP(S(=O)(=O)O)OC1NCCN. The zero-order valence-corrected chi connectivity index (χ0v) is 10.9. The Balaban J connectivity index is 2.70. The van der Waals surface area contributed by atoms with Gasteiger partial charge in [-0.15, -0.1) is 0 Å². The van der Waals surface area contributed by atoms with E-state index in [9.17, 15) is 8.42 Å². The highest BCUT2D eigenvalue weighted by Crippen LogP contribution is 2.52. The van der Waals surface area contributed by atoms with Crippen LogP contribution < -0.4 is 11.1 Å². The van der Waals surface area contributed by atoms with Crippen LogP contribution in [0.2, 0.25) is 0 Å². The lowest BCUT2D eigenvalue weighted by Gasteiger charge is -2.40. The first-order valence-electron chi connectivity index (χ1n) is 4.78. The highest BCUT2D eigenvalue weighted by molar-refractivity contribution is 8.44. The van der Waals surface area contributed by atoms with Gasteiger partial charge >= 0.3 is 17.3 Å². The number of hydrogen-bond donors (Lipinski definition) is 3. The van der Waals surface area contributed by atoms with Gasteiger partial charge in [-0.05, 0) is 0 Å². The molecule has 0 saturated carbocycles. The molecule has 0 aliphatic carbocycles. The largest absolute Gasteiger partial charge is 0.335 e. The van der Waals surface area contributed by atoms with Crippen LogP contribution >= 0.6 is 7.58 Å². The van der Waals surface area contributed by atoms with Crippen LogP contribution in [0.15, 0.2) is 0 Å². The van der Waals surface area contributed by atoms with Crippen LogP contribution in [-0.2, 0) is 18.8 Å². The molecule has 0 spiro atoms. The molecular formula is C7H17N2O5PS. The van der Waals surface area contributed by atoms with Crippen LogP contribution in [0.5, 0.6) is 0 Å².